The van der Waals surface area contributed by atoms with Crippen LogP contribution in [0.4, 0.5) is 0 Å². The van der Waals surface area contributed by atoms with Crippen molar-refractivity contribution in [3.8, 4) is 29.0 Å². The first-order chi connectivity index (χ1) is 11.8. The smallest absolute Gasteiger partial charge is 0.292 e. The standard InChI is InChI=1S/C20H16N2O2/c1-15-5-4-7-20(24-14-21)18(15)13-23-17-10-8-16(9-11-17)19-6-2-3-12-22-19/h2-12H,13H2,1H3. The van der Waals surface area contributed by atoms with E-state index in [-0.39, 0.29) is 0 Å². The van der Waals surface area contributed by atoms with Gasteiger partial charge in [-0.15, -0.1) is 5.26 Å². The summed E-state index contributed by atoms with van der Waals surface area (Å²) < 4.78 is 10.8. The molecule has 4 nitrogen and oxygen atoms in total. The highest BCUT2D eigenvalue weighted by Crippen LogP contribution is 2.25. The monoisotopic (exact) mass is 316 g/mol. The van der Waals surface area contributed by atoms with Crippen molar-refractivity contribution in [2.45, 2.75) is 13.5 Å². The molecule has 0 unspecified atom stereocenters. The first-order valence-corrected chi connectivity index (χ1v) is 7.56. The molecule has 2 aromatic carbocycles. The Morgan fingerprint density at radius 1 is 1.00 bits per heavy atom. The molecule has 0 radical (unpaired) electrons. The first kappa shape index (κ1) is 15.6. The van der Waals surface area contributed by atoms with Crippen LogP contribution in [0.15, 0.2) is 66.9 Å². The summed E-state index contributed by atoms with van der Waals surface area (Å²) in [5.41, 5.74) is 3.85. The lowest BCUT2D eigenvalue weighted by Crippen LogP contribution is -2.01. The molecule has 3 aromatic rings. The van der Waals surface area contributed by atoms with E-state index in [0.717, 1.165) is 28.1 Å². The molecule has 0 amide bonds. The van der Waals surface area contributed by atoms with Gasteiger partial charge in [0.1, 0.15) is 18.1 Å². The maximum Gasteiger partial charge on any atom is 0.292 e. The summed E-state index contributed by atoms with van der Waals surface area (Å²) in [7, 11) is 0. The van der Waals surface area contributed by atoms with E-state index in [4.69, 9.17) is 14.7 Å². The molecule has 0 saturated heterocycles. The third-order valence-corrected chi connectivity index (χ3v) is 3.72. The summed E-state index contributed by atoms with van der Waals surface area (Å²) in [6.07, 6.45) is 3.49. The maximum absolute atomic E-state index is 8.74. The Bertz CT molecular complexity index is 853. The quantitative estimate of drug-likeness (QED) is 0.650. The van der Waals surface area contributed by atoms with Crippen LogP contribution in [0.3, 0.4) is 0 Å². The minimum Gasteiger partial charge on any atom is -0.489 e. The van der Waals surface area contributed by atoms with E-state index in [2.05, 4.69) is 4.98 Å². The Morgan fingerprint density at radius 3 is 2.54 bits per heavy atom. The van der Waals surface area contributed by atoms with Crippen LogP contribution >= 0.6 is 0 Å². The SMILES string of the molecule is Cc1cccc(OC#N)c1COc1ccc(-c2ccccn2)cc1. The second-order valence-electron chi connectivity index (χ2n) is 5.27. The topological polar surface area (TPSA) is 55.1 Å². The van der Waals surface area contributed by atoms with Gasteiger partial charge in [-0.25, -0.2) is 0 Å². The van der Waals surface area contributed by atoms with Gasteiger partial charge in [-0.1, -0.05) is 18.2 Å². The van der Waals surface area contributed by atoms with Crippen molar-refractivity contribution >= 4 is 0 Å². The molecule has 0 bridgehead atoms. The minimum absolute atomic E-state index is 0.340. The van der Waals surface area contributed by atoms with E-state index >= 15 is 0 Å². The van der Waals surface area contributed by atoms with Gasteiger partial charge in [0.05, 0.1) is 5.69 Å². The van der Waals surface area contributed by atoms with Gasteiger partial charge in [0.15, 0.2) is 0 Å². The summed E-state index contributed by atoms with van der Waals surface area (Å²) in [6.45, 7) is 2.31. The van der Waals surface area contributed by atoms with Crippen LogP contribution in [0, 0.1) is 18.4 Å². The van der Waals surface area contributed by atoms with Gasteiger partial charge in [0.25, 0.3) is 6.26 Å². The molecule has 0 aliphatic rings. The van der Waals surface area contributed by atoms with Crippen LogP contribution < -0.4 is 9.47 Å². The normalized spacial score (nSPS) is 10.0. The molecule has 0 spiro atoms. The van der Waals surface area contributed by atoms with Gasteiger partial charge in [0, 0.05) is 17.3 Å². The minimum atomic E-state index is 0.340. The molecular weight excluding hydrogens is 300 g/mol. The van der Waals surface area contributed by atoms with Crippen LogP contribution in [-0.2, 0) is 6.61 Å². The molecule has 3 rings (SSSR count). The number of nitriles is 1. The fraction of sp³-hybridized carbons (Fsp3) is 0.100. The predicted molar refractivity (Wildman–Crippen MR) is 91.4 cm³/mol. The van der Waals surface area contributed by atoms with Crippen molar-refractivity contribution in [3.05, 3.63) is 78.0 Å². The second kappa shape index (κ2) is 7.30. The lowest BCUT2D eigenvalue weighted by atomic mass is 10.1. The molecule has 0 fully saturated rings. The maximum atomic E-state index is 8.74. The fourth-order valence-electron chi connectivity index (χ4n) is 2.42. The van der Waals surface area contributed by atoms with E-state index in [0.29, 0.717) is 12.4 Å². The summed E-state index contributed by atoms with van der Waals surface area (Å²) in [6, 6.07) is 19.2. The van der Waals surface area contributed by atoms with E-state index in [1.54, 1.807) is 18.5 Å². The van der Waals surface area contributed by atoms with Gasteiger partial charge in [-0.2, -0.15) is 0 Å². The predicted octanol–water partition coefficient (Wildman–Crippen LogP) is 4.50. The van der Waals surface area contributed by atoms with E-state index in [1.165, 1.54) is 0 Å². The van der Waals surface area contributed by atoms with Crippen molar-refractivity contribution in [2.24, 2.45) is 0 Å². The molecule has 118 valence electrons. The number of rotatable bonds is 5. The number of aromatic nitrogens is 1. The largest absolute Gasteiger partial charge is 0.489 e. The molecule has 1 aromatic heterocycles. The number of ether oxygens (including phenoxy) is 2. The number of hydrogen-bond donors (Lipinski definition) is 0. The average Bonchev–Trinajstić information content (AvgIpc) is 2.63. The average molecular weight is 316 g/mol. The van der Waals surface area contributed by atoms with Crippen molar-refractivity contribution in [1.82, 2.24) is 4.98 Å². The number of aryl methyl sites for hydroxylation is 1. The number of hydrogen-bond acceptors (Lipinski definition) is 4. The Morgan fingerprint density at radius 2 is 1.83 bits per heavy atom. The molecule has 1 heterocycles. The highest BCUT2D eigenvalue weighted by Gasteiger charge is 2.08. The highest BCUT2D eigenvalue weighted by molar-refractivity contribution is 5.59. The Balaban J connectivity index is 1.73. The van der Waals surface area contributed by atoms with Crippen molar-refractivity contribution in [3.63, 3.8) is 0 Å². The zero-order valence-corrected chi connectivity index (χ0v) is 13.3. The van der Waals surface area contributed by atoms with Crippen LogP contribution in [0.5, 0.6) is 11.5 Å². The second-order valence-corrected chi connectivity index (χ2v) is 5.27. The first-order valence-electron chi connectivity index (χ1n) is 7.56. The molecule has 24 heavy (non-hydrogen) atoms. The molecule has 0 saturated carbocycles. The van der Waals surface area contributed by atoms with Crippen LogP contribution in [0.25, 0.3) is 11.3 Å². The van der Waals surface area contributed by atoms with Gasteiger partial charge in [-0.05, 0) is 55.0 Å². The summed E-state index contributed by atoms with van der Waals surface area (Å²) in [5, 5.41) is 8.74. The van der Waals surface area contributed by atoms with Crippen LogP contribution in [-0.4, -0.2) is 4.98 Å². The molecule has 0 atom stereocenters. The van der Waals surface area contributed by atoms with Gasteiger partial charge >= 0.3 is 0 Å². The van der Waals surface area contributed by atoms with Gasteiger partial charge in [0.2, 0.25) is 0 Å². The van der Waals surface area contributed by atoms with E-state index in [1.807, 2.05) is 61.5 Å². The zero-order valence-electron chi connectivity index (χ0n) is 13.3. The highest BCUT2D eigenvalue weighted by atomic mass is 16.5. The Labute approximate surface area is 140 Å². The molecule has 0 aliphatic heterocycles. The lowest BCUT2D eigenvalue weighted by Gasteiger charge is -2.12. The van der Waals surface area contributed by atoms with Crippen molar-refractivity contribution in [2.75, 3.05) is 0 Å². The van der Waals surface area contributed by atoms with E-state index in [9.17, 15) is 0 Å². The molecule has 0 aliphatic carbocycles. The number of pyridine rings is 1. The van der Waals surface area contributed by atoms with Crippen molar-refractivity contribution < 1.29 is 9.47 Å². The summed E-state index contributed by atoms with van der Waals surface area (Å²) >= 11 is 0. The van der Waals surface area contributed by atoms with Crippen LogP contribution in [0.1, 0.15) is 11.1 Å². The third kappa shape index (κ3) is 3.53. The number of benzene rings is 2. The fourth-order valence-corrected chi connectivity index (χ4v) is 2.42. The lowest BCUT2D eigenvalue weighted by molar-refractivity contribution is 0.300. The van der Waals surface area contributed by atoms with Crippen molar-refractivity contribution in [1.29, 1.82) is 5.26 Å². The van der Waals surface area contributed by atoms with Gasteiger partial charge in [-0.3, -0.25) is 4.98 Å². The zero-order chi connectivity index (χ0) is 16.8. The summed E-state index contributed by atoms with van der Waals surface area (Å²) in [5.74, 6) is 1.28. The molecule has 0 N–H and O–H groups in total. The molecular formula is C20H16N2O2. The number of nitrogens with zero attached hydrogens (tertiary/aromatic N) is 2. The van der Waals surface area contributed by atoms with E-state index < -0.39 is 0 Å². The van der Waals surface area contributed by atoms with Crippen LogP contribution in [0.2, 0.25) is 0 Å². The Kier molecular flexibility index (Phi) is 4.73. The third-order valence-electron chi connectivity index (χ3n) is 3.72. The van der Waals surface area contributed by atoms with Gasteiger partial charge < -0.3 is 9.47 Å². The summed E-state index contributed by atoms with van der Waals surface area (Å²) in [4.78, 5) is 4.33. The molecule has 4 heteroatoms. The Hall–Kier alpha value is -3.32.